The minimum Gasteiger partial charge on any atom is -0.504 e. The number of carbonyl (C=O) groups excluding carboxylic acids is 1. The predicted molar refractivity (Wildman–Crippen MR) is 50.8 cm³/mol. The first kappa shape index (κ1) is 9.51. The van der Waals surface area contributed by atoms with Gasteiger partial charge in [0.15, 0.2) is 17.5 Å². The van der Waals surface area contributed by atoms with Crippen LogP contribution in [0.15, 0.2) is 17.1 Å². The van der Waals surface area contributed by atoms with Crippen molar-refractivity contribution in [1.29, 1.82) is 0 Å². The van der Waals surface area contributed by atoms with Gasteiger partial charge in [-0.15, -0.1) is 0 Å². The van der Waals surface area contributed by atoms with E-state index in [0.717, 1.165) is 0 Å². The molecule has 0 aromatic heterocycles. The van der Waals surface area contributed by atoms with Crippen LogP contribution in [-0.4, -0.2) is 29.3 Å². The van der Waals surface area contributed by atoms with Crippen molar-refractivity contribution in [3.63, 3.8) is 0 Å². The highest BCUT2D eigenvalue weighted by atomic mass is 16.5. The maximum absolute atomic E-state index is 11.2. The molecule has 1 aromatic carbocycles. The quantitative estimate of drug-likeness (QED) is 0.460. The zero-order valence-corrected chi connectivity index (χ0v) is 7.97. The van der Waals surface area contributed by atoms with Gasteiger partial charge in [0.25, 0.3) is 0 Å². The van der Waals surface area contributed by atoms with Gasteiger partial charge in [-0.25, -0.2) is 4.79 Å². The Labute approximate surface area is 85.0 Å². The first-order chi connectivity index (χ1) is 7.11. The van der Waals surface area contributed by atoms with Crippen molar-refractivity contribution in [2.75, 3.05) is 7.11 Å². The van der Waals surface area contributed by atoms with Gasteiger partial charge >= 0.3 is 5.97 Å². The second-order valence-corrected chi connectivity index (χ2v) is 3.16. The van der Waals surface area contributed by atoms with E-state index in [0.29, 0.717) is 10.6 Å². The largest absolute Gasteiger partial charge is 0.504 e. The zero-order chi connectivity index (χ0) is 11.0. The average Bonchev–Trinajstić information content (AvgIpc) is 2.60. The Hall–Kier alpha value is -2.04. The lowest BCUT2D eigenvalue weighted by Gasteiger charge is -1.99. The van der Waals surface area contributed by atoms with Crippen molar-refractivity contribution in [3.05, 3.63) is 22.7 Å². The molecule has 2 rings (SSSR count). The van der Waals surface area contributed by atoms with Crippen LogP contribution in [0.3, 0.4) is 0 Å². The Bertz CT molecular complexity index is 494. The van der Waals surface area contributed by atoms with E-state index in [1.54, 1.807) is 6.08 Å². The number of methoxy groups -OCH3 is 1. The van der Waals surface area contributed by atoms with Crippen LogP contribution >= 0.6 is 0 Å². The molecule has 1 aliphatic rings. The van der Waals surface area contributed by atoms with Gasteiger partial charge in [-0.1, -0.05) is 0 Å². The van der Waals surface area contributed by atoms with Crippen LogP contribution in [0.5, 0.6) is 11.5 Å². The molecule has 0 saturated carbocycles. The van der Waals surface area contributed by atoms with Gasteiger partial charge in [-0.05, 0) is 12.1 Å². The van der Waals surface area contributed by atoms with E-state index in [1.807, 2.05) is 0 Å². The summed E-state index contributed by atoms with van der Waals surface area (Å²) >= 11 is 0. The lowest BCUT2D eigenvalue weighted by Crippen LogP contribution is -2.20. The van der Waals surface area contributed by atoms with E-state index in [9.17, 15) is 15.0 Å². The molecule has 78 valence electrons. The summed E-state index contributed by atoms with van der Waals surface area (Å²) in [5.74, 6) is -0.952. The smallest absolute Gasteiger partial charge is 0.334 e. The lowest BCUT2D eigenvalue weighted by molar-refractivity contribution is -0.140. The van der Waals surface area contributed by atoms with E-state index in [2.05, 4.69) is 9.73 Å². The number of rotatable bonds is 1. The van der Waals surface area contributed by atoms with Crippen molar-refractivity contribution in [1.82, 2.24) is 0 Å². The Balaban J connectivity index is 2.54. The second-order valence-electron chi connectivity index (χ2n) is 3.16. The van der Waals surface area contributed by atoms with E-state index < -0.39 is 12.0 Å². The Kier molecular flexibility index (Phi) is 2.07. The highest BCUT2D eigenvalue weighted by molar-refractivity contribution is 5.83. The molecule has 2 N–H and O–H groups in total. The maximum atomic E-state index is 11.2. The molecule has 1 aromatic rings. The standard InChI is InChI=1S/C10H9NO4/c1-15-10(14)7-2-5-3-8(12)9(13)4-6(5)11-7/h2-4,7,12-13H,1H3/t7-/m0/s1. The van der Waals surface area contributed by atoms with Crippen LogP contribution in [-0.2, 0) is 9.53 Å². The fourth-order valence-corrected chi connectivity index (χ4v) is 1.43. The molecular weight excluding hydrogens is 198 g/mol. The fourth-order valence-electron chi connectivity index (χ4n) is 1.43. The molecule has 1 aliphatic heterocycles. The molecule has 0 radical (unpaired) electrons. The molecule has 5 heteroatoms. The molecule has 0 aliphatic carbocycles. The summed E-state index contributed by atoms with van der Waals surface area (Å²) in [5.41, 5.74) is 0. The third kappa shape index (κ3) is 1.52. The summed E-state index contributed by atoms with van der Waals surface area (Å²) in [5, 5.41) is 19.5. The Morgan fingerprint density at radius 1 is 1.40 bits per heavy atom. The first-order valence-electron chi connectivity index (χ1n) is 4.31. The highest BCUT2D eigenvalue weighted by Gasteiger charge is 2.18. The minimum atomic E-state index is -0.689. The van der Waals surface area contributed by atoms with Crippen LogP contribution in [0.4, 0.5) is 0 Å². The van der Waals surface area contributed by atoms with Gasteiger partial charge in [0.1, 0.15) is 0 Å². The summed E-state index contributed by atoms with van der Waals surface area (Å²) in [6, 6.07) is 1.98. The monoisotopic (exact) mass is 207 g/mol. The molecule has 1 heterocycles. The molecule has 0 fully saturated rings. The van der Waals surface area contributed by atoms with Crippen LogP contribution in [0.1, 0.15) is 0 Å². The van der Waals surface area contributed by atoms with Crippen LogP contribution < -0.4 is 10.6 Å². The first-order valence-corrected chi connectivity index (χ1v) is 4.31. The van der Waals surface area contributed by atoms with Crippen molar-refractivity contribution >= 4 is 12.0 Å². The number of esters is 1. The Morgan fingerprint density at radius 2 is 2.07 bits per heavy atom. The van der Waals surface area contributed by atoms with Gasteiger partial charge in [0.2, 0.25) is 0 Å². The molecule has 0 spiro atoms. The van der Waals surface area contributed by atoms with Gasteiger partial charge < -0.3 is 14.9 Å². The van der Waals surface area contributed by atoms with E-state index >= 15 is 0 Å². The van der Waals surface area contributed by atoms with E-state index in [4.69, 9.17) is 0 Å². The number of phenolic OH excluding ortho intramolecular Hbond substituents is 2. The van der Waals surface area contributed by atoms with Crippen LogP contribution in [0.2, 0.25) is 0 Å². The minimum absolute atomic E-state index is 0.231. The van der Waals surface area contributed by atoms with Crippen molar-refractivity contribution in [2.45, 2.75) is 6.04 Å². The normalized spacial score (nSPS) is 17.5. The van der Waals surface area contributed by atoms with Gasteiger partial charge in [0.05, 0.1) is 12.5 Å². The average molecular weight is 207 g/mol. The summed E-state index contributed by atoms with van der Waals surface area (Å²) in [7, 11) is 1.28. The maximum Gasteiger partial charge on any atom is 0.334 e. The number of aromatic hydroxyl groups is 2. The molecule has 0 amide bonds. The predicted octanol–water partition coefficient (Wildman–Crippen LogP) is -0.947. The lowest BCUT2D eigenvalue weighted by atomic mass is 10.2. The topological polar surface area (TPSA) is 79.1 Å². The van der Waals surface area contributed by atoms with Crippen molar-refractivity contribution in [2.24, 2.45) is 4.99 Å². The fraction of sp³-hybridized carbons (Fsp3) is 0.200. The molecule has 0 bridgehead atoms. The summed E-state index contributed by atoms with van der Waals surface area (Å²) < 4.78 is 4.54. The van der Waals surface area contributed by atoms with Crippen molar-refractivity contribution < 1.29 is 19.7 Å². The molecule has 15 heavy (non-hydrogen) atoms. The van der Waals surface area contributed by atoms with Crippen molar-refractivity contribution in [3.8, 4) is 11.5 Å². The number of phenols is 2. The van der Waals surface area contributed by atoms with Crippen LogP contribution in [0, 0.1) is 0 Å². The zero-order valence-electron chi connectivity index (χ0n) is 7.97. The highest BCUT2D eigenvalue weighted by Crippen LogP contribution is 2.19. The summed E-state index contributed by atoms with van der Waals surface area (Å²) in [6.45, 7) is 0. The molecule has 0 unspecified atom stereocenters. The third-order valence-corrected chi connectivity index (χ3v) is 2.18. The van der Waals surface area contributed by atoms with Crippen LogP contribution in [0.25, 0.3) is 6.08 Å². The number of nitrogens with zero attached hydrogens (tertiary/aromatic N) is 1. The SMILES string of the molecule is COC(=O)[C@@H]1C=c2cc(O)c(O)cc2=N1. The number of benzene rings is 1. The summed E-state index contributed by atoms with van der Waals surface area (Å²) in [6.07, 6.45) is 1.57. The second kappa shape index (κ2) is 3.27. The molecule has 1 atom stereocenters. The number of carbonyl (C=O) groups is 1. The molecule has 5 nitrogen and oxygen atoms in total. The Morgan fingerprint density at radius 3 is 2.73 bits per heavy atom. The third-order valence-electron chi connectivity index (χ3n) is 2.18. The number of fused-ring (bicyclic) bond motifs is 1. The number of hydrogen-bond donors (Lipinski definition) is 2. The number of ether oxygens (including phenoxy) is 1. The number of hydrogen-bond acceptors (Lipinski definition) is 5. The van der Waals surface area contributed by atoms with E-state index in [-0.39, 0.29) is 11.5 Å². The molecular formula is C10H9NO4. The van der Waals surface area contributed by atoms with Gasteiger partial charge in [-0.2, -0.15) is 0 Å². The van der Waals surface area contributed by atoms with E-state index in [1.165, 1.54) is 19.2 Å². The molecule has 0 saturated heterocycles. The van der Waals surface area contributed by atoms with Gasteiger partial charge in [0, 0.05) is 11.3 Å². The summed E-state index contributed by atoms with van der Waals surface area (Å²) in [4.78, 5) is 15.2. The van der Waals surface area contributed by atoms with Gasteiger partial charge in [-0.3, -0.25) is 4.99 Å².